The largest absolute Gasteiger partial charge is 0.493 e. The van der Waals surface area contributed by atoms with Gasteiger partial charge in [0.15, 0.2) is 17.3 Å². The van der Waals surface area contributed by atoms with Crippen LogP contribution in [0.2, 0.25) is 0 Å². The van der Waals surface area contributed by atoms with Gasteiger partial charge < -0.3 is 25.3 Å². The van der Waals surface area contributed by atoms with E-state index in [0.717, 1.165) is 16.8 Å². The minimum Gasteiger partial charge on any atom is -0.493 e. The van der Waals surface area contributed by atoms with Crippen LogP contribution in [0, 0.1) is 12.1 Å². The second-order valence-corrected chi connectivity index (χ2v) is 6.69. The van der Waals surface area contributed by atoms with Crippen LogP contribution in [-0.4, -0.2) is 27.1 Å². The normalized spacial score (nSPS) is 10.7. The van der Waals surface area contributed by atoms with Crippen LogP contribution in [0.5, 0.6) is 17.2 Å². The zero-order valence-corrected chi connectivity index (χ0v) is 18.1. The molecule has 162 valence electrons. The maximum Gasteiger partial charge on any atom is 0.203 e. The van der Waals surface area contributed by atoms with Gasteiger partial charge in [-0.3, -0.25) is 4.79 Å². The van der Waals surface area contributed by atoms with Crippen LogP contribution in [0.3, 0.4) is 0 Å². The van der Waals surface area contributed by atoms with Crippen molar-refractivity contribution in [2.45, 2.75) is 0 Å². The zero-order chi connectivity index (χ0) is 22.9. The van der Waals surface area contributed by atoms with Crippen LogP contribution in [0.15, 0.2) is 60.8 Å². The quantitative estimate of drug-likeness (QED) is 0.287. The maximum atomic E-state index is 12.2. The number of ether oxygens (including phenoxy) is 3. The third-order valence-electron chi connectivity index (χ3n) is 4.65. The van der Waals surface area contributed by atoms with E-state index in [4.69, 9.17) is 19.9 Å². The van der Waals surface area contributed by atoms with E-state index in [1.54, 1.807) is 39.7 Å². The van der Waals surface area contributed by atoms with Crippen molar-refractivity contribution in [2.75, 3.05) is 32.4 Å². The molecule has 3 aromatic carbocycles. The molecule has 0 saturated carbocycles. The summed E-state index contributed by atoms with van der Waals surface area (Å²) >= 11 is 0. The van der Waals surface area contributed by atoms with Gasteiger partial charge >= 0.3 is 0 Å². The number of rotatable bonds is 9. The maximum absolute atomic E-state index is 12.2. The van der Waals surface area contributed by atoms with E-state index in [-0.39, 0.29) is 11.5 Å². The first-order valence-corrected chi connectivity index (χ1v) is 9.79. The molecule has 3 rings (SSSR count). The Morgan fingerprint density at radius 2 is 1.59 bits per heavy atom. The second-order valence-electron chi connectivity index (χ2n) is 6.69. The molecule has 0 radical (unpaired) electrons. The Morgan fingerprint density at radius 1 is 0.938 bits per heavy atom. The number of ketones is 1. The summed E-state index contributed by atoms with van der Waals surface area (Å²) in [7, 11) is 4.75. The number of nitrogen functional groups attached to an aromatic ring is 1. The minimum absolute atomic E-state index is 0.204. The van der Waals surface area contributed by atoms with E-state index < -0.39 is 0 Å². The van der Waals surface area contributed by atoms with Gasteiger partial charge in [-0.2, -0.15) is 0 Å². The monoisotopic (exact) mass is 428 g/mol. The van der Waals surface area contributed by atoms with Gasteiger partial charge in [0, 0.05) is 18.0 Å². The van der Waals surface area contributed by atoms with Crippen LogP contribution in [0.25, 0.3) is 12.2 Å². The lowest BCUT2D eigenvalue weighted by Gasteiger charge is -2.12. The predicted octanol–water partition coefficient (Wildman–Crippen LogP) is 4.87. The number of nitrogens with two attached hydrogens (primary N) is 1. The lowest BCUT2D eigenvalue weighted by atomic mass is 10.1. The molecule has 32 heavy (non-hydrogen) atoms. The molecule has 0 aliphatic carbocycles. The summed E-state index contributed by atoms with van der Waals surface area (Å²) < 4.78 is 16.1. The zero-order valence-electron chi connectivity index (χ0n) is 18.1. The standard InChI is InChI=1S/C26H24N2O4/c1-30-24-16-19(17-25(31-2)26(24)32-3)9-8-18-10-12-20(13-11-18)28-15-14-23(29)21-6-4-5-7-22(21)27/h4,6,8-17,28H,27H2,1-3H3/b9-8-,15-14-. The molecule has 0 aliphatic heterocycles. The highest BCUT2D eigenvalue weighted by atomic mass is 16.5. The van der Waals surface area contributed by atoms with Crippen molar-refractivity contribution in [1.29, 1.82) is 0 Å². The molecule has 0 aliphatic rings. The van der Waals surface area contributed by atoms with Crippen molar-refractivity contribution in [3.05, 3.63) is 89.6 Å². The van der Waals surface area contributed by atoms with Crippen molar-refractivity contribution in [2.24, 2.45) is 0 Å². The van der Waals surface area contributed by atoms with Crippen LogP contribution in [-0.2, 0) is 0 Å². The molecule has 0 heterocycles. The van der Waals surface area contributed by atoms with Gasteiger partial charge in [-0.05, 0) is 53.6 Å². The van der Waals surface area contributed by atoms with Gasteiger partial charge in [0.25, 0.3) is 0 Å². The first-order chi connectivity index (χ1) is 15.5. The van der Waals surface area contributed by atoms with Crippen LogP contribution in [0.4, 0.5) is 11.4 Å². The van der Waals surface area contributed by atoms with E-state index in [9.17, 15) is 4.79 Å². The molecule has 0 saturated heterocycles. The Hall–Kier alpha value is -4.37. The third kappa shape index (κ3) is 5.41. The molecular weight excluding hydrogens is 404 g/mol. The number of benzene rings is 2. The molecule has 0 atom stereocenters. The Kier molecular flexibility index (Phi) is 7.39. The number of methoxy groups -OCH3 is 3. The summed E-state index contributed by atoms with van der Waals surface area (Å²) in [5, 5.41) is 3.08. The van der Waals surface area contributed by atoms with Gasteiger partial charge in [-0.25, -0.2) is 0 Å². The topological polar surface area (TPSA) is 82.8 Å². The van der Waals surface area contributed by atoms with Gasteiger partial charge in [-0.15, -0.1) is 0 Å². The second kappa shape index (κ2) is 10.6. The van der Waals surface area contributed by atoms with Crippen molar-refractivity contribution in [1.82, 2.24) is 0 Å². The molecular formula is C26H24N2O4. The minimum atomic E-state index is -0.204. The molecule has 0 amide bonds. The molecule has 0 bridgehead atoms. The molecule has 6 nitrogen and oxygen atoms in total. The lowest BCUT2D eigenvalue weighted by Crippen LogP contribution is -2.00. The van der Waals surface area contributed by atoms with Crippen molar-refractivity contribution < 1.29 is 19.0 Å². The average Bonchev–Trinajstić information content (AvgIpc) is 2.82. The summed E-state index contributed by atoms with van der Waals surface area (Å²) in [5.74, 6) is 1.55. The van der Waals surface area contributed by atoms with Crippen molar-refractivity contribution in [3.63, 3.8) is 0 Å². The summed E-state index contributed by atoms with van der Waals surface area (Å²) in [6.07, 6.45) is 6.96. The fourth-order valence-corrected chi connectivity index (χ4v) is 3.00. The average molecular weight is 428 g/mol. The molecule has 0 aromatic heterocycles. The van der Waals surface area contributed by atoms with E-state index in [1.165, 1.54) is 6.08 Å². The lowest BCUT2D eigenvalue weighted by molar-refractivity contribution is 0.104. The summed E-state index contributed by atoms with van der Waals surface area (Å²) in [4.78, 5) is 12.2. The molecule has 0 fully saturated rings. The highest BCUT2D eigenvalue weighted by Gasteiger charge is 2.12. The summed E-state index contributed by atoms with van der Waals surface area (Å²) in [5.41, 5.74) is 9.20. The molecule has 3 aromatic rings. The Labute approximate surface area is 187 Å². The van der Waals surface area contributed by atoms with E-state index in [2.05, 4.69) is 17.4 Å². The van der Waals surface area contributed by atoms with E-state index >= 15 is 0 Å². The molecule has 0 spiro atoms. The van der Waals surface area contributed by atoms with E-state index in [1.807, 2.05) is 48.6 Å². The van der Waals surface area contributed by atoms with Gasteiger partial charge in [0.2, 0.25) is 5.75 Å². The number of hydrogen-bond donors (Lipinski definition) is 2. The predicted molar refractivity (Wildman–Crippen MR) is 127 cm³/mol. The Morgan fingerprint density at radius 3 is 2.19 bits per heavy atom. The number of allylic oxidation sites excluding steroid dienone is 1. The number of hydrogen-bond acceptors (Lipinski definition) is 6. The molecule has 0 unspecified atom stereocenters. The number of carbonyl (C=O) groups excluding carboxylic acids is 1. The van der Waals surface area contributed by atoms with E-state index in [0.29, 0.717) is 22.8 Å². The first kappa shape index (κ1) is 22.3. The SMILES string of the molecule is COc1cc(/C=C\c2ccc(N/C=C\C(=O)c3ccc#cc3N)cc2)cc(OC)c1OC. The highest BCUT2D eigenvalue weighted by molar-refractivity contribution is 6.07. The van der Waals surface area contributed by atoms with Gasteiger partial charge in [0.1, 0.15) is 0 Å². The third-order valence-corrected chi connectivity index (χ3v) is 4.65. The Balaban J connectivity index is 1.65. The molecule has 3 N–H and O–H groups in total. The number of carbonyl (C=O) groups is 1. The van der Waals surface area contributed by atoms with Gasteiger partial charge in [-0.1, -0.05) is 30.4 Å². The summed E-state index contributed by atoms with van der Waals surface area (Å²) in [6, 6.07) is 20.2. The number of anilines is 2. The highest BCUT2D eigenvalue weighted by Crippen LogP contribution is 2.38. The first-order valence-electron chi connectivity index (χ1n) is 9.79. The van der Waals surface area contributed by atoms with Crippen molar-refractivity contribution >= 4 is 29.3 Å². The number of nitrogens with one attached hydrogen (secondary N) is 1. The summed E-state index contributed by atoms with van der Waals surface area (Å²) in [6.45, 7) is 0. The molecule has 6 heteroatoms. The van der Waals surface area contributed by atoms with Crippen molar-refractivity contribution in [3.8, 4) is 17.2 Å². The fraction of sp³-hybridized carbons (Fsp3) is 0.115. The van der Waals surface area contributed by atoms with Crippen LogP contribution in [0.1, 0.15) is 21.5 Å². The Bertz CT molecular complexity index is 1110. The van der Waals surface area contributed by atoms with Crippen LogP contribution >= 0.6 is 0 Å². The smallest absolute Gasteiger partial charge is 0.203 e. The van der Waals surface area contributed by atoms with Gasteiger partial charge in [0.05, 0.1) is 32.6 Å². The van der Waals surface area contributed by atoms with Crippen LogP contribution < -0.4 is 25.3 Å². The fourth-order valence-electron chi connectivity index (χ4n) is 3.00.